The van der Waals surface area contributed by atoms with Crippen molar-refractivity contribution < 1.29 is 9.05 Å². The first-order chi connectivity index (χ1) is 7.36. The van der Waals surface area contributed by atoms with Crippen LogP contribution in [0.2, 0.25) is 0 Å². The normalized spacial score (nSPS) is 11.4. The number of rotatable bonds is 6. The zero-order chi connectivity index (χ0) is 10.9. The van der Waals surface area contributed by atoms with Crippen molar-refractivity contribution in [3.8, 4) is 0 Å². The van der Waals surface area contributed by atoms with E-state index in [9.17, 15) is 0 Å². The van der Waals surface area contributed by atoms with E-state index < -0.39 is 8.38 Å². The van der Waals surface area contributed by atoms with Gasteiger partial charge >= 0.3 is 0 Å². The van der Waals surface area contributed by atoms with Gasteiger partial charge in [0.15, 0.2) is 8.38 Å². The molecular weight excluding hydrogens is 207 g/mol. The molecule has 0 heterocycles. The first-order valence-corrected chi connectivity index (χ1v) is 6.39. The van der Waals surface area contributed by atoms with Gasteiger partial charge in [-0.3, -0.25) is 0 Å². The molecule has 0 atom stereocenters. The van der Waals surface area contributed by atoms with Crippen LogP contribution >= 0.6 is 8.38 Å². The lowest BCUT2D eigenvalue weighted by molar-refractivity contribution is 0.277. The highest BCUT2D eigenvalue weighted by Crippen LogP contribution is 2.40. The maximum Gasteiger partial charge on any atom is 0.197 e. The highest BCUT2D eigenvalue weighted by molar-refractivity contribution is 7.51. The average Bonchev–Trinajstić information content (AvgIpc) is 2.28. The van der Waals surface area contributed by atoms with Crippen molar-refractivity contribution in [1.29, 1.82) is 0 Å². The molecule has 0 aromatic heterocycles. The SMILES string of the molecule is CCOP(C=Cc1ccccc1)OCC. The van der Waals surface area contributed by atoms with Gasteiger partial charge in [-0.25, -0.2) is 0 Å². The minimum atomic E-state index is -0.865. The van der Waals surface area contributed by atoms with Gasteiger partial charge in [0.2, 0.25) is 0 Å². The van der Waals surface area contributed by atoms with Crippen LogP contribution in [0.5, 0.6) is 0 Å². The van der Waals surface area contributed by atoms with Crippen molar-refractivity contribution in [2.45, 2.75) is 13.8 Å². The molecule has 1 rings (SSSR count). The molecule has 0 unspecified atom stereocenters. The zero-order valence-electron chi connectivity index (χ0n) is 9.22. The van der Waals surface area contributed by atoms with Crippen LogP contribution in [0, 0.1) is 0 Å². The molecule has 3 heteroatoms. The van der Waals surface area contributed by atoms with Crippen LogP contribution in [-0.4, -0.2) is 13.2 Å². The molecule has 1 aromatic carbocycles. The second-order valence-corrected chi connectivity index (χ2v) is 4.23. The summed E-state index contributed by atoms with van der Waals surface area (Å²) < 4.78 is 10.9. The largest absolute Gasteiger partial charge is 0.331 e. The smallest absolute Gasteiger partial charge is 0.197 e. The molecule has 0 aliphatic heterocycles. The lowest BCUT2D eigenvalue weighted by Crippen LogP contribution is -1.87. The van der Waals surface area contributed by atoms with Crippen LogP contribution in [0.3, 0.4) is 0 Å². The molecule has 0 amide bonds. The Bertz CT molecular complexity index is 279. The molecule has 2 nitrogen and oxygen atoms in total. The number of benzene rings is 1. The Labute approximate surface area is 92.8 Å². The van der Waals surface area contributed by atoms with Crippen LogP contribution in [0.25, 0.3) is 6.08 Å². The Hall–Kier alpha value is -0.690. The van der Waals surface area contributed by atoms with E-state index in [-0.39, 0.29) is 0 Å². The van der Waals surface area contributed by atoms with Gasteiger partial charge in [0.25, 0.3) is 0 Å². The molecule has 0 fully saturated rings. The fourth-order valence-electron chi connectivity index (χ4n) is 1.09. The topological polar surface area (TPSA) is 18.5 Å². The highest BCUT2D eigenvalue weighted by atomic mass is 31.2. The van der Waals surface area contributed by atoms with Crippen LogP contribution in [0.4, 0.5) is 0 Å². The van der Waals surface area contributed by atoms with Crippen LogP contribution < -0.4 is 0 Å². The second-order valence-electron chi connectivity index (χ2n) is 2.85. The first-order valence-electron chi connectivity index (χ1n) is 5.15. The standard InChI is InChI=1S/C12H17O2P/c1-3-13-15(14-4-2)11-10-12-8-6-5-7-9-12/h5-11H,3-4H2,1-2H3. The molecule has 0 aliphatic carbocycles. The lowest BCUT2D eigenvalue weighted by Gasteiger charge is -2.10. The third-order valence-electron chi connectivity index (χ3n) is 1.70. The second kappa shape index (κ2) is 7.58. The van der Waals surface area contributed by atoms with Crippen molar-refractivity contribution in [2.24, 2.45) is 0 Å². The van der Waals surface area contributed by atoms with Gasteiger partial charge in [-0.2, -0.15) is 0 Å². The maximum absolute atomic E-state index is 5.46. The van der Waals surface area contributed by atoms with Crippen molar-refractivity contribution >= 4 is 14.5 Å². The molecule has 0 aliphatic rings. The van der Waals surface area contributed by atoms with Gasteiger partial charge in [0.05, 0.1) is 13.2 Å². The van der Waals surface area contributed by atoms with E-state index in [0.717, 1.165) is 0 Å². The van der Waals surface area contributed by atoms with E-state index in [1.54, 1.807) is 0 Å². The molecule has 0 saturated heterocycles. The lowest BCUT2D eigenvalue weighted by atomic mass is 10.2. The summed E-state index contributed by atoms with van der Waals surface area (Å²) in [5.41, 5.74) is 1.17. The molecule has 0 N–H and O–H groups in total. The fourth-order valence-corrected chi connectivity index (χ4v) is 2.14. The predicted octanol–water partition coefficient (Wildman–Crippen LogP) is 4.04. The quantitative estimate of drug-likeness (QED) is 0.679. The Morgan fingerprint density at radius 2 is 1.67 bits per heavy atom. The summed E-state index contributed by atoms with van der Waals surface area (Å²) in [5.74, 6) is 2.00. The van der Waals surface area contributed by atoms with Gasteiger partial charge in [0.1, 0.15) is 0 Å². The van der Waals surface area contributed by atoms with Gasteiger partial charge in [-0.05, 0) is 31.3 Å². The Morgan fingerprint density at radius 3 is 2.20 bits per heavy atom. The van der Waals surface area contributed by atoms with Gasteiger partial charge < -0.3 is 9.05 Å². The third-order valence-corrected chi connectivity index (χ3v) is 3.12. The van der Waals surface area contributed by atoms with Crippen LogP contribution in [0.1, 0.15) is 19.4 Å². The Morgan fingerprint density at radius 1 is 1.07 bits per heavy atom. The van der Waals surface area contributed by atoms with Gasteiger partial charge in [-0.15, -0.1) is 0 Å². The van der Waals surface area contributed by atoms with E-state index in [4.69, 9.17) is 9.05 Å². The third kappa shape index (κ3) is 5.08. The monoisotopic (exact) mass is 224 g/mol. The number of hydrogen-bond acceptors (Lipinski definition) is 2. The van der Waals surface area contributed by atoms with E-state index in [1.807, 2.05) is 43.9 Å². The van der Waals surface area contributed by atoms with Gasteiger partial charge in [-0.1, -0.05) is 30.3 Å². The summed E-state index contributed by atoms with van der Waals surface area (Å²) in [4.78, 5) is 0. The first kappa shape index (κ1) is 12.4. The van der Waals surface area contributed by atoms with Crippen LogP contribution in [-0.2, 0) is 9.05 Å². The molecule has 0 spiro atoms. The Balaban J connectivity index is 2.53. The summed E-state index contributed by atoms with van der Waals surface area (Å²) in [6.07, 6.45) is 2.04. The van der Waals surface area contributed by atoms with E-state index in [1.165, 1.54) is 5.56 Å². The molecule has 82 valence electrons. The predicted molar refractivity (Wildman–Crippen MR) is 65.6 cm³/mol. The summed E-state index contributed by atoms with van der Waals surface area (Å²) in [7, 11) is -0.865. The van der Waals surface area contributed by atoms with Crippen molar-refractivity contribution in [2.75, 3.05) is 13.2 Å². The van der Waals surface area contributed by atoms with E-state index >= 15 is 0 Å². The van der Waals surface area contributed by atoms with E-state index in [2.05, 4.69) is 12.1 Å². The summed E-state index contributed by atoms with van der Waals surface area (Å²) >= 11 is 0. The molecule has 1 aromatic rings. The van der Waals surface area contributed by atoms with Crippen LogP contribution in [0.15, 0.2) is 36.1 Å². The maximum atomic E-state index is 5.46. The number of hydrogen-bond donors (Lipinski definition) is 0. The van der Waals surface area contributed by atoms with Crippen molar-refractivity contribution in [3.05, 3.63) is 41.7 Å². The summed E-state index contributed by atoms with van der Waals surface area (Å²) in [6.45, 7) is 5.32. The molecule has 0 radical (unpaired) electrons. The minimum absolute atomic E-state index is 0.685. The Kier molecular flexibility index (Phi) is 6.26. The van der Waals surface area contributed by atoms with E-state index in [0.29, 0.717) is 13.2 Å². The molecule has 0 saturated carbocycles. The highest BCUT2D eigenvalue weighted by Gasteiger charge is 2.02. The van der Waals surface area contributed by atoms with Crippen molar-refractivity contribution in [3.63, 3.8) is 0 Å². The fraction of sp³-hybridized carbons (Fsp3) is 0.333. The summed E-state index contributed by atoms with van der Waals surface area (Å²) in [5, 5.41) is 0. The zero-order valence-corrected chi connectivity index (χ0v) is 10.1. The molecule has 0 bridgehead atoms. The van der Waals surface area contributed by atoms with Gasteiger partial charge in [0, 0.05) is 0 Å². The minimum Gasteiger partial charge on any atom is -0.331 e. The summed E-state index contributed by atoms with van der Waals surface area (Å²) in [6, 6.07) is 10.2. The average molecular weight is 224 g/mol. The molecular formula is C12H17O2P. The molecule has 15 heavy (non-hydrogen) atoms. The van der Waals surface area contributed by atoms with Crippen molar-refractivity contribution in [1.82, 2.24) is 0 Å².